The van der Waals surface area contributed by atoms with Crippen LogP contribution in [0.3, 0.4) is 0 Å². The SMILES string of the molecule is CCC(Sc1cccc(NC(=O)c2cccc([N+](=O)[O-])c2)c1)C(=O)Nc1ccc([N+](=O)[O-])cc1. The van der Waals surface area contributed by atoms with Crippen LogP contribution in [0.15, 0.2) is 77.7 Å². The Hall–Kier alpha value is -4.25. The molecule has 10 nitrogen and oxygen atoms in total. The highest BCUT2D eigenvalue weighted by Gasteiger charge is 2.19. The van der Waals surface area contributed by atoms with Crippen molar-refractivity contribution in [3.8, 4) is 0 Å². The van der Waals surface area contributed by atoms with Gasteiger partial charge in [0.2, 0.25) is 5.91 Å². The summed E-state index contributed by atoms with van der Waals surface area (Å²) in [7, 11) is 0. The molecule has 0 spiro atoms. The second kappa shape index (κ2) is 11.1. The second-order valence-electron chi connectivity index (χ2n) is 7.10. The Morgan fingerprint density at radius 3 is 2.18 bits per heavy atom. The van der Waals surface area contributed by atoms with Crippen molar-refractivity contribution in [1.29, 1.82) is 0 Å². The van der Waals surface area contributed by atoms with Crippen LogP contribution in [0.4, 0.5) is 22.7 Å². The zero-order valence-corrected chi connectivity index (χ0v) is 18.8. The average Bonchev–Trinajstić information content (AvgIpc) is 2.83. The zero-order chi connectivity index (χ0) is 24.7. The molecule has 0 aliphatic rings. The minimum Gasteiger partial charge on any atom is -0.325 e. The third-order valence-corrected chi connectivity index (χ3v) is 6.06. The van der Waals surface area contributed by atoms with E-state index >= 15 is 0 Å². The van der Waals surface area contributed by atoms with Crippen LogP contribution in [0.1, 0.15) is 23.7 Å². The van der Waals surface area contributed by atoms with Crippen LogP contribution in [0.25, 0.3) is 0 Å². The van der Waals surface area contributed by atoms with Gasteiger partial charge in [-0.25, -0.2) is 0 Å². The molecule has 1 unspecified atom stereocenters. The number of amides is 2. The Bertz CT molecular complexity index is 1230. The van der Waals surface area contributed by atoms with E-state index < -0.39 is 21.0 Å². The first-order chi connectivity index (χ1) is 16.3. The van der Waals surface area contributed by atoms with E-state index in [0.29, 0.717) is 17.8 Å². The highest BCUT2D eigenvalue weighted by atomic mass is 32.2. The molecule has 174 valence electrons. The van der Waals surface area contributed by atoms with Gasteiger partial charge >= 0.3 is 0 Å². The number of nitrogens with zero attached hydrogens (tertiary/aromatic N) is 2. The van der Waals surface area contributed by atoms with Gasteiger partial charge in [-0.05, 0) is 42.8 Å². The number of anilines is 2. The quantitative estimate of drug-likeness (QED) is 0.241. The van der Waals surface area contributed by atoms with Crippen molar-refractivity contribution >= 4 is 46.3 Å². The van der Waals surface area contributed by atoms with Crippen molar-refractivity contribution < 1.29 is 19.4 Å². The number of rotatable bonds is 9. The lowest BCUT2D eigenvalue weighted by Gasteiger charge is -2.15. The molecule has 2 N–H and O–H groups in total. The molecule has 0 aliphatic carbocycles. The molecule has 2 amide bonds. The summed E-state index contributed by atoms with van der Waals surface area (Å²) >= 11 is 1.31. The lowest BCUT2D eigenvalue weighted by atomic mass is 10.2. The standard InChI is InChI=1S/C23H20N4O6S/c1-2-21(23(29)24-16-9-11-18(12-10-16)26(30)31)34-20-8-4-6-17(14-20)25-22(28)15-5-3-7-19(13-15)27(32)33/h3-14,21H,2H2,1H3,(H,24,29)(H,25,28). The molecule has 3 aromatic rings. The Balaban J connectivity index is 1.66. The molecule has 0 aliphatic heterocycles. The number of non-ortho nitro benzene ring substituents is 2. The molecule has 3 rings (SSSR count). The molecule has 1 atom stereocenters. The van der Waals surface area contributed by atoms with Crippen LogP contribution in [-0.4, -0.2) is 26.9 Å². The third-order valence-electron chi connectivity index (χ3n) is 4.70. The molecular formula is C23H20N4O6S. The second-order valence-corrected chi connectivity index (χ2v) is 8.37. The Kier molecular flexibility index (Phi) is 7.93. The van der Waals surface area contributed by atoms with E-state index in [2.05, 4.69) is 10.6 Å². The highest BCUT2D eigenvalue weighted by molar-refractivity contribution is 8.00. The first kappa shape index (κ1) is 24.4. The lowest BCUT2D eigenvalue weighted by molar-refractivity contribution is -0.385. The fraction of sp³-hybridized carbons (Fsp3) is 0.130. The summed E-state index contributed by atoms with van der Waals surface area (Å²) in [6.07, 6.45) is 0.522. The number of hydrogen-bond donors (Lipinski definition) is 2. The van der Waals surface area contributed by atoms with Crippen molar-refractivity contribution in [2.75, 3.05) is 10.6 Å². The maximum atomic E-state index is 12.7. The summed E-state index contributed by atoms with van der Waals surface area (Å²) in [5, 5.41) is 26.7. The number of nitro benzene ring substituents is 2. The molecule has 0 saturated heterocycles. The van der Waals surface area contributed by atoms with Crippen molar-refractivity contribution in [2.24, 2.45) is 0 Å². The van der Waals surface area contributed by atoms with Gasteiger partial charge in [-0.2, -0.15) is 0 Å². The number of carbonyl (C=O) groups is 2. The number of hydrogen-bond acceptors (Lipinski definition) is 7. The first-order valence-corrected chi connectivity index (χ1v) is 11.0. The van der Waals surface area contributed by atoms with E-state index in [4.69, 9.17) is 0 Å². The van der Waals surface area contributed by atoms with Crippen molar-refractivity contribution in [2.45, 2.75) is 23.5 Å². The van der Waals surface area contributed by atoms with Crippen LogP contribution in [0, 0.1) is 20.2 Å². The number of carbonyl (C=O) groups excluding carboxylic acids is 2. The number of nitrogens with one attached hydrogen (secondary N) is 2. The fourth-order valence-corrected chi connectivity index (χ4v) is 4.00. The largest absolute Gasteiger partial charge is 0.325 e. The van der Waals surface area contributed by atoms with Gasteiger partial charge in [0.15, 0.2) is 0 Å². The molecule has 34 heavy (non-hydrogen) atoms. The van der Waals surface area contributed by atoms with Crippen molar-refractivity contribution in [3.05, 3.63) is 98.6 Å². The zero-order valence-electron chi connectivity index (χ0n) is 18.0. The minimum atomic E-state index is -0.569. The molecule has 11 heteroatoms. The maximum absolute atomic E-state index is 12.7. The van der Waals surface area contributed by atoms with Crippen molar-refractivity contribution in [1.82, 2.24) is 0 Å². The van der Waals surface area contributed by atoms with Gasteiger partial charge in [0.25, 0.3) is 17.3 Å². The summed E-state index contributed by atoms with van der Waals surface area (Å²) < 4.78 is 0. The molecule has 0 aromatic heterocycles. The van der Waals surface area contributed by atoms with E-state index in [-0.39, 0.29) is 22.8 Å². The van der Waals surface area contributed by atoms with Gasteiger partial charge < -0.3 is 10.6 Å². The summed E-state index contributed by atoms with van der Waals surface area (Å²) in [6.45, 7) is 1.86. The number of thioether (sulfide) groups is 1. The molecule has 3 aromatic carbocycles. The Morgan fingerprint density at radius 1 is 0.853 bits per heavy atom. The van der Waals surface area contributed by atoms with E-state index in [0.717, 1.165) is 4.90 Å². The maximum Gasteiger partial charge on any atom is 0.270 e. The Labute approximate surface area is 198 Å². The third kappa shape index (κ3) is 6.39. The van der Waals surface area contributed by atoms with E-state index in [1.165, 1.54) is 60.3 Å². The molecular weight excluding hydrogens is 460 g/mol. The van der Waals surface area contributed by atoms with Crippen LogP contribution in [-0.2, 0) is 4.79 Å². The predicted molar refractivity (Wildman–Crippen MR) is 129 cm³/mol. The normalized spacial score (nSPS) is 11.3. The van der Waals surface area contributed by atoms with Crippen LogP contribution in [0.5, 0.6) is 0 Å². The van der Waals surface area contributed by atoms with Gasteiger partial charge in [-0.15, -0.1) is 11.8 Å². The van der Waals surface area contributed by atoms with Crippen LogP contribution < -0.4 is 10.6 Å². The monoisotopic (exact) mass is 480 g/mol. The summed E-state index contributed by atoms with van der Waals surface area (Å²) in [4.78, 5) is 46.6. The van der Waals surface area contributed by atoms with Gasteiger partial charge in [-0.3, -0.25) is 29.8 Å². The highest BCUT2D eigenvalue weighted by Crippen LogP contribution is 2.29. The lowest BCUT2D eigenvalue weighted by Crippen LogP contribution is -2.24. The molecule has 0 bridgehead atoms. The van der Waals surface area contributed by atoms with E-state index in [9.17, 15) is 29.8 Å². The average molecular weight is 481 g/mol. The summed E-state index contributed by atoms with van der Waals surface area (Å²) in [5.41, 5.74) is 0.839. The van der Waals surface area contributed by atoms with E-state index in [1.54, 1.807) is 24.3 Å². The number of benzene rings is 3. The van der Waals surface area contributed by atoms with E-state index in [1.807, 2.05) is 6.92 Å². The van der Waals surface area contributed by atoms with Crippen molar-refractivity contribution in [3.63, 3.8) is 0 Å². The fourth-order valence-electron chi connectivity index (χ4n) is 2.99. The minimum absolute atomic E-state index is 0.0663. The first-order valence-electron chi connectivity index (χ1n) is 10.1. The van der Waals surface area contributed by atoms with Crippen LogP contribution >= 0.6 is 11.8 Å². The predicted octanol–water partition coefficient (Wildman–Crippen LogP) is 5.26. The molecule has 0 saturated carbocycles. The van der Waals surface area contributed by atoms with Gasteiger partial charge in [0, 0.05) is 46.1 Å². The van der Waals surface area contributed by atoms with Crippen LogP contribution in [0.2, 0.25) is 0 Å². The molecule has 0 radical (unpaired) electrons. The summed E-state index contributed by atoms with van der Waals surface area (Å²) in [5.74, 6) is -0.749. The summed E-state index contributed by atoms with van der Waals surface area (Å²) in [6, 6.07) is 17.9. The topological polar surface area (TPSA) is 144 Å². The van der Waals surface area contributed by atoms with Gasteiger partial charge in [-0.1, -0.05) is 19.1 Å². The number of nitro groups is 2. The molecule has 0 fully saturated rings. The van der Waals surface area contributed by atoms with Gasteiger partial charge in [0.1, 0.15) is 0 Å². The Morgan fingerprint density at radius 2 is 1.53 bits per heavy atom. The smallest absolute Gasteiger partial charge is 0.270 e. The molecule has 0 heterocycles. The van der Waals surface area contributed by atoms with Gasteiger partial charge in [0.05, 0.1) is 15.1 Å².